The zero-order chi connectivity index (χ0) is 17.2. The quantitative estimate of drug-likeness (QED) is 0.508. The van der Waals surface area contributed by atoms with E-state index in [1.807, 2.05) is 23.5 Å². The highest BCUT2D eigenvalue weighted by Gasteiger charge is 2.15. The maximum atomic E-state index is 9.94. The zero-order valence-corrected chi connectivity index (χ0v) is 17.2. The number of unbranched alkanes of at least 4 members (excludes halogenated alkanes) is 3. The summed E-state index contributed by atoms with van der Waals surface area (Å²) in [4.78, 5) is 0. The molecular formula is C18H38O2S2. The molecule has 0 fully saturated rings. The Bertz CT molecular complexity index is 241. The normalized spacial score (nSPS) is 15.8. The molecule has 134 valence electrons. The predicted molar refractivity (Wildman–Crippen MR) is 104 cm³/mol. The molecule has 4 heteroatoms. The lowest BCUT2D eigenvalue weighted by molar-refractivity contribution is 0.178. The van der Waals surface area contributed by atoms with Crippen LogP contribution in [0.4, 0.5) is 0 Å². The molecule has 22 heavy (non-hydrogen) atoms. The van der Waals surface area contributed by atoms with Gasteiger partial charge in [0.1, 0.15) is 0 Å². The van der Waals surface area contributed by atoms with Crippen molar-refractivity contribution < 1.29 is 10.2 Å². The van der Waals surface area contributed by atoms with E-state index in [0.717, 1.165) is 50.0 Å². The first-order chi connectivity index (χ1) is 9.99. The summed E-state index contributed by atoms with van der Waals surface area (Å²) in [5.74, 6) is 1.68. The fourth-order valence-corrected chi connectivity index (χ4v) is 3.69. The molecule has 2 unspecified atom stereocenters. The molecule has 0 aliphatic rings. The molecule has 0 spiro atoms. The Morgan fingerprint density at radius 1 is 0.636 bits per heavy atom. The summed E-state index contributed by atoms with van der Waals surface area (Å²) < 4.78 is 0.477. The maximum Gasteiger partial charge on any atom is 0.0630 e. The molecule has 0 aliphatic carbocycles. The van der Waals surface area contributed by atoms with Gasteiger partial charge < -0.3 is 10.2 Å². The molecule has 0 heterocycles. The van der Waals surface area contributed by atoms with E-state index in [0.29, 0.717) is 0 Å². The van der Waals surface area contributed by atoms with Crippen molar-refractivity contribution in [3.63, 3.8) is 0 Å². The summed E-state index contributed by atoms with van der Waals surface area (Å²) in [6, 6.07) is 0. The van der Waals surface area contributed by atoms with Crippen LogP contribution in [0.15, 0.2) is 0 Å². The molecule has 0 radical (unpaired) electrons. The van der Waals surface area contributed by atoms with Crippen molar-refractivity contribution in [3.8, 4) is 0 Å². The largest absolute Gasteiger partial charge is 0.392 e. The lowest BCUT2D eigenvalue weighted by Gasteiger charge is -2.20. The average molecular weight is 351 g/mol. The highest BCUT2D eigenvalue weighted by Crippen LogP contribution is 2.26. The fraction of sp³-hybridized carbons (Fsp3) is 1.00. The molecule has 0 saturated heterocycles. The second-order valence-electron chi connectivity index (χ2n) is 8.15. The molecule has 2 N–H and O–H groups in total. The third-order valence-corrected chi connectivity index (χ3v) is 6.08. The summed E-state index contributed by atoms with van der Waals surface area (Å²) in [5, 5.41) is 19.9. The van der Waals surface area contributed by atoms with Gasteiger partial charge in [0, 0.05) is 21.0 Å². The predicted octanol–water partition coefficient (Wildman–Crippen LogP) is 5.11. The van der Waals surface area contributed by atoms with Crippen LogP contribution in [0.1, 0.15) is 80.1 Å². The molecule has 0 aromatic heterocycles. The lowest BCUT2D eigenvalue weighted by atomic mass is 10.1. The van der Waals surface area contributed by atoms with Gasteiger partial charge in [-0.25, -0.2) is 0 Å². The maximum absolute atomic E-state index is 9.94. The number of aliphatic hydroxyl groups excluding tert-OH is 2. The van der Waals surface area contributed by atoms with Gasteiger partial charge in [-0.1, -0.05) is 67.2 Å². The standard InChI is InChI=1S/C18H38O2S2/c1-17(2,3)21-13-15(19)11-9-7-8-10-12-16(20)14-22-18(4,5)6/h15-16,19-20H,7-14H2,1-6H3. The van der Waals surface area contributed by atoms with E-state index < -0.39 is 0 Å². The number of hydrogen-bond acceptors (Lipinski definition) is 4. The van der Waals surface area contributed by atoms with Crippen molar-refractivity contribution in [1.29, 1.82) is 0 Å². The molecule has 0 amide bonds. The van der Waals surface area contributed by atoms with Crippen molar-refractivity contribution in [2.24, 2.45) is 0 Å². The van der Waals surface area contributed by atoms with Gasteiger partial charge >= 0.3 is 0 Å². The molecule has 0 saturated carbocycles. The molecule has 0 bridgehead atoms. The van der Waals surface area contributed by atoms with Gasteiger partial charge in [-0.3, -0.25) is 0 Å². The van der Waals surface area contributed by atoms with E-state index in [-0.39, 0.29) is 21.7 Å². The molecule has 0 rings (SSSR count). The first-order valence-corrected chi connectivity index (χ1v) is 10.6. The van der Waals surface area contributed by atoms with E-state index in [1.165, 1.54) is 0 Å². The van der Waals surface area contributed by atoms with E-state index in [1.54, 1.807) is 0 Å². The number of rotatable bonds is 11. The summed E-state index contributed by atoms with van der Waals surface area (Å²) in [7, 11) is 0. The highest BCUT2D eigenvalue weighted by atomic mass is 32.2. The van der Waals surface area contributed by atoms with E-state index in [4.69, 9.17) is 0 Å². The minimum Gasteiger partial charge on any atom is -0.392 e. The average Bonchev–Trinajstić information content (AvgIpc) is 2.36. The Morgan fingerprint density at radius 2 is 0.955 bits per heavy atom. The Kier molecular flexibility index (Phi) is 11.5. The van der Waals surface area contributed by atoms with Crippen LogP contribution in [0.5, 0.6) is 0 Å². The number of thioether (sulfide) groups is 2. The molecule has 2 nitrogen and oxygen atoms in total. The highest BCUT2D eigenvalue weighted by molar-refractivity contribution is 8.00. The van der Waals surface area contributed by atoms with Crippen molar-refractivity contribution in [1.82, 2.24) is 0 Å². The summed E-state index contributed by atoms with van der Waals surface area (Å²) in [6.45, 7) is 13.1. The summed E-state index contributed by atoms with van der Waals surface area (Å²) in [6.07, 6.45) is 6.00. The van der Waals surface area contributed by atoms with Crippen LogP contribution in [0, 0.1) is 0 Å². The van der Waals surface area contributed by atoms with Gasteiger partial charge in [0.25, 0.3) is 0 Å². The molecule has 2 atom stereocenters. The second-order valence-corrected chi connectivity index (χ2v) is 11.8. The van der Waals surface area contributed by atoms with Gasteiger partial charge in [0.05, 0.1) is 12.2 Å². The van der Waals surface area contributed by atoms with Crippen molar-refractivity contribution >= 4 is 23.5 Å². The summed E-state index contributed by atoms with van der Waals surface area (Å²) >= 11 is 3.67. The Labute approximate surface area is 147 Å². The lowest BCUT2D eigenvalue weighted by Crippen LogP contribution is -2.17. The van der Waals surface area contributed by atoms with Gasteiger partial charge in [0.15, 0.2) is 0 Å². The Balaban J connectivity index is 3.46. The van der Waals surface area contributed by atoms with Crippen LogP contribution in [0.2, 0.25) is 0 Å². The fourth-order valence-electron chi connectivity index (χ4n) is 1.97. The van der Waals surface area contributed by atoms with Gasteiger partial charge in [-0.05, 0) is 12.8 Å². The topological polar surface area (TPSA) is 40.5 Å². The molecule has 0 aliphatic heterocycles. The monoisotopic (exact) mass is 350 g/mol. The molecule has 0 aromatic rings. The van der Waals surface area contributed by atoms with Crippen LogP contribution in [-0.2, 0) is 0 Å². The zero-order valence-electron chi connectivity index (χ0n) is 15.5. The van der Waals surface area contributed by atoms with Crippen molar-refractivity contribution in [3.05, 3.63) is 0 Å². The van der Waals surface area contributed by atoms with Crippen LogP contribution in [-0.4, -0.2) is 43.4 Å². The third-order valence-electron chi connectivity index (χ3n) is 3.24. The van der Waals surface area contributed by atoms with E-state index in [2.05, 4.69) is 41.5 Å². The Hall–Kier alpha value is 0.620. The number of aliphatic hydroxyl groups is 2. The minimum absolute atomic E-state index is 0.169. The smallest absolute Gasteiger partial charge is 0.0630 e. The third kappa shape index (κ3) is 17.0. The van der Waals surface area contributed by atoms with Gasteiger partial charge in [-0.15, -0.1) is 0 Å². The number of hydrogen-bond donors (Lipinski definition) is 2. The van der Waals surface area contributed by atoms with Crippen LogP contribution >= 0.6 is 23.5 Å². The van der Waals surface area contributed by atoms with Crippen LogP contribution in [0.25, 0.3) is 0 Å². The van der Waals surface area contributed by atoms with Gasteiger partial charge in [0.2, 0.25) is 0 Å². The molecular weight excluding hydrogens is 312 g/mol. The minimum atomic E-state index is -0.169. The van der Waals surface area contributed by atoms with Crippen LogP contribution < -0.4 is 0 Å². The van der Waals surface area contributed by atoms with Gasteiger partial charge in [-0.2, -0.15) is 23.5 Å². The SMILES string of the molecule is CC(C)(C)SCC(O)CCCCCCC(O)CSC(C)(C)C. The van der Waals surface area contributed by atoms with Crippen LogP contribution in [0.3, 0.4) is 0 Å². The summed E-state index contributed by atoms with van der Waals surface area (Å²) in [5.41, 5.74) is 0. The van der Waals surface area contributed by atoms with Crippen molar-refractivity contribution in [2.45, 2.75) is 102 Å². The van der Waals surface area contributed by atoms with E-state index in [9.17, 15) is 10.2 Å². The Morgan fingerprint density at radius 3 is 1.23 bits per heavy atom. The molecule has 0 aromatic carbocycles. The first-order valence-electron chi connectivity index (χ1n) is 8.63. The van der Waals surface area contributed by atoms with E-state index >= 15 is 0 Å². The first kappa shape index (κ1) is 22.6. The van der Waals surface area contributed by atoms with Crippen molar-refractivity contribution in [2.75, 3.05) is 11.5 Å². The second kappa shape index (κ2) is 11.2.